The Labute approximate surface area is 112 Å². The summed E-state index contributed by atoms with van der Waals surface area (Å²) in [4.78, 5) is 11.3. The zero-order valence-corrected chi connectivity index (χ0v) is 11.2. The number of carboxylic acid groups (broad SMARTS) is 1. The zero-order valence-electron chi connectivity index (χ0n) is 9.54. The van der Waals surface area contributed by atoms with Crippen LogP contribution in [0.25, 0.3) is 10.8 Å². The van der Waals surface area contributed by atoms with Crippen molar-refractivity contribution in [3.8, 4) is 10.8 Å². The average molecular weight is 284 g/mol. The molecular formula is C11H12N2O3S2. The van der Waals surface area contributed by atoms with E-state index in [-0.39, 0.29) is 6.42 Å². The lowest BCUT2D eigenvalue weighted by atomic mass is 10.3. The molecule has 0 fully saturated rings. The molecule has 0 aromatic carbocycles. The van der Waals surface area contributed by atoms with Gasteiger partial charge in [-0.05, 0) is 24.3 Å². The van der Waals surface area contributed by atoms with Crippen LogP contribution in [0.4, 0.5) is 0 Å². The fourth-order valence-corrected chi connectivity index (χ4v) is 2.71. The van der Waals surface area contributed by atoms with Crippen molar-refractivity contribution in [2.75, 3.05) is 5.75 Å². The highest BCUT2D eigenvalue weighted by Gasteiger charge is 2.09. The van der Waals surface area contributed by atoms with Crippen LogP contribution in [0.2, 0.25) is 0 Å². The number of aromatic nitrogens is 2. The Morgan fingerprint density at radius 1 is 1.44 bits per heavy atom. The van der Waals surface area contributed by atoms with Crippen molar-refractivity contribution in [1.82, 2.24) is 10.2 Å². The molecule has 96 valence electrons. The summed E-state index contributed by atoms with van der Waals surface area (Å²) in [6.45, 7) is 0. The van der Waals surface area contributed by atoms with Gasteiger partial charge in [0, 0.05) is 12.2 Å². The number of thiophene rings is 1. The monoisotopic (exact) mass is 284 g/mol. The standard InChI is InChI=1S/C11H12N2O3S2/c14-9(15)5-1-2-6-18-11-13-12-10(16-11)8-4-3-7-17-8/h3-4,7H,1-2,5-6H2,(H,14,15). The summed E-state index contributed by atoms with van der Waals surface area (Å²) in [5, 5.41) is 18.9. The SMILES string of the molecule is O=C(O)CCCCSc1nnc(-c2cccs2)o1. The number of rotatable bonds is 7. The zero-order chi connectivity index (χ0) is 12.8. The first-order chi connectivity index (χ1) is 8.75. The van der Waals surface area contributed by atoms with E-state index in [4.69, 9.17) is 9.52 Å². The van der Waals surface area contributed by atoms with Gasteiger partial charge in [0.05, 0.1) is 4.88 Å². The quantitative estimate of drug-likeness (QED) is 0.621. The Balaban J connectivity index is 1.76. The second kappa shape index (κ2) is 6.55. The molecule has 0 unspecified atom stereocenters. The second-order valence-corrected chi connectivity index (χ2v) is 5.54. The Morgan fingerprint density at radius 2 is 2.33 bits per heavy atom. The van der Waals surface area contributed by atoms with Gasteiger partial charge in [-0.2, -0.15) is 0 Å². The number of carbonyl (C=O) groups is 1. The summed E-state index contributed by atoms with van der Waals surface area (Å²) < 4.78 is 5.49. The highest BCUT2D eigenvalue weighted by atomic mass is 32.2. The molecule has 2 rings (SSSR count). The molecular weight excluding hydrogens is 272 g/mol. The average Bonchev–Trinajstić information content (AvgIpc) is 2.98. The van der Waals surface area contributed by atoms with Gasteiger partial charge in [-0.15, -0.1) is 21.5 Å². The predicted molar refractivity (Wildman–Crippen MR) is 69.8 cm³/mol. The molecule has 0 aliphatic heterocycles. The topological polar surface area (TPSA) is 76.2 Å². The third-order valence-electron chi connectivity index (χ3n) is 2.15. The highest BCUT2D eigenvalue weighted by molar-refractivity contribution is 7.99. The number of hydrogen-bond acceptors (Lipinski definition) is 6. The van der Waals surface area contributed by atoms with Gasteiger partial charge in [-0.3, -0.25) is 4.79 Å². The fourth-order valence-electron chi connectivity index (χ4n) is 1.31. The van der Waals surface area contributed by atoms with Crippen molar-refractivity contribution >= 4 is 29.1 Å². The van der Waals surface area contributed by atoms with E-state index in [9.17, 15) is 4.79 Å². The van der Waals surface area contributed by atoms with Crippen LogP contribution in [0, 0.1) is 0 Å². The Bertz CT molecular complexity index is 496. The summed E-state index contributed by atoms with van der Waals surface area (Å²) in [6, 6.07) is 3.86. The first kappa shape index (κ1) is 13.1. The molecule has 0 radical (unpaired) electrons. The van der Waals surface area contributed by atoms with Crippen LogP contribution in [0.15, 0.2) is 27.2 Å². The molecule has 0 saturated heterocycles. The summed E-state index contributed by atoms with van der Waals surface area (Å²) in [6.07, 6.45) is 1.72. The normalized spacial score (nSPS) is 10.7. The van der Waals surface area contributed by atoms with E-state index in [1.165, 1.54) is 11.8 Å². The molecule has 18 heavy (non-hydrogen) atoms. The van der Waals surface area contributed by atoms with Crippen molar-refractivity contribution in [1.29, 1.82) is 0 Å². The number of thioether (sulfide) groups is 1. The predicted octanol–water partition coefficient (Wildman–Crippen LogP) is 3.15. The second-order valence-electron chi connectivity index (χ2n) is 3.55. The number of carboxylic acids is 1. The number of nitrogens with zero attached hydrogens (tertiary/aromatic N) is 2. The maximum absolute atomic E-state index is 10.3. The van der Waals surface area contributed by atoms with Crippen LogP contribution < -0.4 is 0 Å². The molecule has 2 aromatic rings. The van der Waals surface area contributed by atoms with E-state index in [2.05, 4.69) is 10.2 Å². The van der Waals surface area contributed by atoms with Crippen molar-refractivity contribution in [2.45, 2.75) is 24.5 Å². The van der Waals surface area contributed by atoms with Gasteiger partial charge >= 0.3 is 5.97 Å². The van der Waals surface area contributed by atoms with E-state index in [1.54, 1.807) is 11.3 Å². The minimum absolute atomic E-state index is 0.213. The number of unbranched alkanes of at least 4 members (excludes halogenated alkanes) is 1. The molecule has 0 aliphatic carbocycles. The van der Waals surface area contributed by atoms with Crippen LogP contribution in [0.5, 0.6) is 0 Å². The van der Waals surface area contributed by atoms with Gasteiger partial charge in [0.15, 0.2) is 0 Å². The van der Waals surface area contributed by atoms with Crippen LogP contribution in [0.3, 0.4) is 0 Å². The molecule has 2 aromatic heterocycles. The minimum atomic E-state index is -0.752. The minimum Gasteiger partial charge on any atom is -0.481 e. The number of aliphatic carboxylic acids is 1. The first-order valence-corrected chi connectivity index (χ1v) is 7.34. The summed E-state index contributed by atoms with van der Waals surface area (Å²) in [7, 11) is 0. The molecule has 0 atom stereocenters. The third kappa shape index (κ3) is 3.85. The maximum Gasteiger partial charge on any atom is 0.303 e. The lowest BCUT2D eigenvalue weighted by molar-refractivity contribution is -0.137. The smallest absolute Gasteiger partial charge is 0.303 e. The van der Waals surface area contributed by atoms with Gasteiger partial charge in [0.1, 0.15) is 0 Å². The van der Waals surface area contributed by atoms with Crippen molar-refractivity contribution in [3.63, 3.8) is 0 Å². The summed E-state index contributed by atoms with van der Waals surface area (Å²) >= 11 is 3.02. The molecule has 1 N–H and O–H groups in total. The Hall–Kier alpha value is -1.34. The molecule has 7 heteroatoms. The van der Waals surface area contributed by atoms with Crippen LogP contribution in [-0.4, -0.2) is 27.0 Å². The Kier molecular flexibility index (Phi) is 4.77. The lowest BCUT2D eigenvalue weighted by Crippen LogP contribution is -1.94. The van der Waals surface area contributed by atoms with E-state index < -0.39 is 5.97 Å². The van der Waals surface area contributed by atoms with Crippen molar-refractivity contribution < 1.29 is 14.3 Å². The number of hydrogen-bond donors (Lipinski definition) is 1. The Morgan fingerprint density at radius 3 is 3.06 bits per heavy atom. The highest BCUT2D eigenvalue weighted by Crippen LogP contribution is 2.26. The van der Waals surface area contributed by atoms with Crippen molar-refractivity contribution in [2.24, 2.45) is 0 Å². The van der Waals surface area contributed by atoms with Gasteiger partial charge in [-0.25, -0.2) is 0 Å². The van der Waals surface area contributed by atoms with E-state index in [1.807, 2.05) is 17.5 Å². The van der Waals surface area contributed by atoms with Crippen LogP contribution >= 0.6 is 23.1 Å². The third-order valence-corrected chi connectivity index (χ3v) is 3.91. The summed E-state index contributed by atoms with van der Waals surface area (Å²) in [5.41, 5.74) is 0. The molecule has 0 bridgehead atoms. The molecule has 0 spiro atoms. The molecule has 0 aliphatic rings. The fraction of sp³-hybridized carbons (Fsp3) is 0.364. The maximum atomic E-state index is 10.3. The molecule has 2 heterocycles. The van der Waals surface area contributed by atoms with Gasteiger partial charge < -0.3 is 9.52 Å². The van der Waals surface area contributed by atoms with Crippen molar-refractivity contribution in [3.05, 3.63) is 17.5 Å². The van der Waals surface area contributed by atoms with E-state index >= 15 is 0 Å². The van der Waals surface area contributed by atoms with Crippen LogP contribution in [-0.2, 0) is 4.79 Å². The lowest BCUT2D eigenvalue weighted by Gasteiger charge is -1.95. The summed E-state index contributed by atoms with van der Waals surface area (Å²) in [5.74, 6) is 0.579. The molecule has 0 saturated carbocycles. The van der Waals surface area contributed by atoms with Crippen LogP contribution in [0.1, 0.15) is 19.3 Å². The van der Waals surface area contributed by atoms with Gasteiger partial charge in [0.2, 0.25) is 0 Å². The first-order valence-electron chi connectivity index (χ1n) is 5.47. The molecule has 5 nitrogen and oxygen atoms in total. The van der Waals surface area contributed by atoms with Gasteiger partial charge in [0.25, 0.3) is 11.1 Å². The molecule has 0 amide bonds. The van der Waals surface area contributed by atoms with E-state index in [0.717, 1.165) is 17.1 Å². The van der Waals surface area contributed by atoms with E-state index in [0.29, 0.717) is 17.5 Å². The van der Waals surface area contributed by atoms with Gasteiger partial charge in [-0.1, -0.05) is 17.8 Å². The largest absolute Gasteiger partial charge is 0.481 e.